The Kier molecular flexibility index (Phi) is 4.51. The zero-order valence-electron chi connectivity index (χ0n) is 12.6. The number of hydrogen-bond acceptors (Lipinski definition) is 2. The molecule has 1 fully saturated rings. The molecule has 0 aliphatic carbocycles. The van der Waals surface area contributed by atoms with E-state index in [1.165, 1.54) is 6.42 Å². The molecule has 2 heteroatoms. The second kappa shape index (κ2) is 5.96. The lowest BCUT2D eigenvalue weighted by molar-refractivity contribution is 0.0369. The van der Waals surface area contributed by atoms with Gasteiger partial charge in [0.05, 0.1) is 0 Å². The van der Waals surface area contributed by atoms with Gasteiger partial charge in [0.2, 0.25) is 0 Å². The van der Waals surface area contributed by atoms with Gasteiger partial charge in [-0.3, -0.25) is 4.90 Å². The Hall–Kier alpha value is -1.02. The molecule has 2 nitrogen and oxygen atoms in total. The summed E-state index contributed by atoms with van der Waals surface area (Å²) in [5.74, 6) is 1.90. The Labute approximate surface area is 117 Å². The van der Waals surface area contributed by atoms with Gasteiger partial charge >= 0.3 is 0 Å². The van der Waals surface area contributed by atoms with Crippen LogP contribution >= 0.6 is 0 Å². The Morgan fingerprint density at radius 3 is 2.58 bits per heavy atom. The van der Waals surface area contributed by atoms with Gasteiger partial charge < -0.3 is 5.11 Å². The van der Waals surface area contributed by atoms with Crippen LogP contribution in [0.4, 0.5) is 0 Å². The molecule has 106 valence electrons. The van der Waals surface area contributed by atoms with Crippen LogP contribution in [0.5, 0.6) is 5.75 Å². The van der Waals surface area contributed by atoms with Gasteiger partial charge in [-0.05, 0) is 37.7 Å². The van der Waals surface area contributed by atoms with E-state index in [4.69, 9.17) is 0 Å². The lowest BCUT2D eigenvalue weighted by Crippen LogP contribution is -2.47. The highest BCUT2D eigenvalue weighted by Gasteiger charge is 2.33. The third-order valence-corrected chi connectivity index (χ3v) is 4.73. The van der Waals surface area contributed by atoms with Crippen LogP contribution in [0.1, 0.15) is 52.1 Å². The summed E-state index contributed by atoms with van der Waals surface area (Å²) in [5, 5.41) is 10.1. The molecule has 0 spiro atoms. The van der Waals surface area contributed by atoms with Crippen LogP contribution in [0.2, 0.25) is 0 Å². The van der Waals surface area contributed by atoms with Crippen molar-refractivity contribution in [1.29, 1.82) is 0 Å². The van der Waals surface area contributed by atoms with Crippen LogP contribution in [0, 0.1) is 11.8 Å². The van der Waals surface area contributed by atoms with E-state index in [-0.39, 0.29) is 0 Å². The second-order valence-electron chi connectivity index (χ2n) is 6.24. The van der Waals surface area contributed by atoms with Crippen molar-refractivity contribution in [1.82, 2.24) is 4.90 Å². The van der Waals surface area contributed by atoms with Crippen molar-refractivity contribution in [2.75, 3.05) is 6.54 Å². The van der Waals surface area contributed by atoms with Gasteiger partial charge in [0.15, 0.2) is 0 Å². The van der Waals surface area contributed by atoms with Crippen molar-refractivity contribution < 1.29 is 5.11 Å². The number of phenols is 1. The Bertz CT molecular complexity index is 417. The van der Waals surface area contributed by atoms with Crippen LogP contribution in [0.15, 0.2) is 24.3 Å². The molecule has 0 amide bonds. The lowest BCUT2D eigenvalue weighted by atomic mass is 9.83. The summed E-state index contributed by atoms with van der Waals surface area (Å²) >= 11 is 0. The van der Waals surface area contributed by atoms with Crippen LogP contribution in [0.3, 0.4) is 0 Å². The van der Waals surface area contributed by atoms with Crippen LogP contribution in [0.25, 0.3) is 0 Å². The van der Waals surface area contributed by atoms with Gasteiger partial charge in [0.1, 0.15) is 5.75 Å². The standard InChI is InChI=1S/C17H27NO/c1-5-16(15-8-6-7-9-17(15)19)18-11-12(2)10-13(3)14(18)4/h6-9,12-14,16,19H,5,10-11H2,1-4H3. The second-order valence-corrected chi connectivity index (χ2v) is 6.24. The third kappa shape index (κ3) is 2.94. The van der Waals surface area contributed by atoms with Gasteiger partial charge in [0.25, 0.3) is 0 Å². The van der Waals surface area contributed by atoms with Crippen LogP contribution in [-0.2, 0) is 0 Å². The monoisotopic (exact) mass is 261 g/mol. The molecule has 1 N–H and O–H groups in total. The van der Waals surface area contributed by atoms with Gasteiger partial charge in [-0.1, -0.05) is 39.0 Å². The van der Waals surface area contributed by atoms with Crippen molar-refractivity contribution in [2.24, 2.45) is 11.8 Å². The molecule has 2 rings (SSSR count). The molecule has 1 heterocycles. The number of hydrogen-bond donors (Lipinski definition) is 1. The molecule has 0 saturated carbocycles. The highest BCUT2D eigenvalue weighted by atomic mass is 16.3. The van der Waals surface area contributed by atoms with E-state index in [9.17, 15) is 5.11 Å². The molecule has 1 aliphatic heterocycles. The highest BCUT2D eigenvalue weighted by molar-refractivity contribution is 5.34. The average molecular weight is 261 g/mol. The molecule has 0 radical (unpaired) electrons. The molecule has 1 saturated heterocycles. The van der Waals surface area contributed by atoms with E-state index >= 15 is 0 Å². The maximum Gasteiger partial charge on any atom is 0.120 e. The summed E-state index contributed by atoms with van der Waals surface area (Å²) < 4.78 is 0. The first-order valence-electron chi connectivity index (χ1n) is 7.58. The third-order valence-electron chi connectivity index (χ3n) is 4.73. The zero-order valence-corrected chi connectivity index (χ0v) is 12.6. The maximum absolute atomic E-state index is 10.1. The van der Waals surface area contributed by atoms with E-state index in [0.29, 0.717) is 17.8 Å². The number of aromatic hydroxyl groups is 1. The number of benzene rings is 1. The van der Waals surface area contributed by atoms with Gasteiger partial charge in [0, 0.05) is 24.2 Å². The van der Waals surface area contributed by atoms with Gasteiger partial charge in [-0.15, -0.1) is 0 Å². The minimum atomic E-state index is 0.335. The Morgan fingerprint density at radius 1 is 1.26 bits per heavy atom. The molecular formula is C17H27NO. The minimum Gasteiger partial charge on any atom is -0.508 e. The largest absolute Gasteiger partial charge is 0.508 e. The summed E-state index contributed by atoms with van der Waals surface area (Å²) in [6.45, 7) is 10.4. The van der Waals surface area contributed by atoms with Crippen molar-refractivity contribution in [3.63, 3.8) is 0 Å². The molecule has 0 bridgehead atoms. The molecule has 0 aromatic heterocycles. The van der Waals surface area contributed by atoms with Crippen LogP contribution < -0.4 is 0 Å². The Morgan fingerprint density at radius 2 is 1.95 bits per heavy atom. The summed E-state index contributed by atoms with van der Waals surface area (Å²) in [6.07, 6.45) is 2.36. The maximum atomic E-state index is 10.1. The van der Waals surface area contributed by atoms with Gasteiger partial charge in [-0.2, -0.15) is 0 Å². The highest BCUT2D eigenvalue weighted by Crippen LogP contribution is 2.38. The minimum absolute atomic E-state index is 0.335. The zero-order chi connectivity index (χ0) is 14.0. The first-order valence-corrected chi connectivity index (χ1v) is 7.58. The summed E-state index contributed by atoms with van der Waals surface area (Å²) in [7, 11) is 0. The summed E-state index contributed by atoms with van der Waals surface area (Å²) in [6, 6.07) is 8.72. The van der Waals surface area contributed by atoms with E-state index in [0.717, 1.165) is 30.4 Å². The summed E-state index contributed by atoms with van der Waals surface area (Å²) in [4.78, 5) is 2.59. The molecule has 4 atom stereocenters. The first-order chi connectivity index (χ1) is 9.04. The molecule has 4 unspecified atom stereocenters. The molecule has 1 aromatic carbocycles. The lowest BCUT2D eigenvalue weighted by Gasteiger charge is -2.45. The fourth-order valence-electron chi connectivity index (χ4n) is 3.57. The number of piperidine rings is 1. The number of likely N-dealkylation sites (tertiary alicyclic amines) is 1. The van der Waals surface area contributed by atoms with Crippen molar-refractivity contribution >= 4 is 0 Å². The Balaban J connectivity index is 2.28. The average Bonchev–Trinajstić information content (AvgIpc) is 2.38. The smallest absolute Gasteiger partial charge is 0.120 e. The van der Waals surface area contributed by atoms with Crippen molar-refractivity contribution in [3.05, 3.63) is 29.8 Å². The number of phenolic OH excluding ortho intramolecular Hbond substituents is 1. The predicted molar refractivity (Wildman–Crippen MR) is 80.3 cm³/mol. The number of nitrogens with zero attached hydrogens (tertiary/aromatic N) is 1. The molecule has 19 heavy (non-hydrogen) atoms. The number of para-hydroxylation sites is 1. The topological polar surface area (TPSA) is 23.5 Å². The normalized spacial score (nSPS) is 30.2. The van der Waals surface area contributed by atoms with Crippen molar-refractivity contribution in [2.45, 2.75) is 52.6 Å². The SMILES string of the molecule is CCC(c1ccccc1O)N1CC(C)CC(C)C1C. The first kappa shape index (κ1) is 14.4. The van der Waals surface area contributed by atoms with E-state index in [1.54, 1.807) is 6.07 Å². The fraction of sp³-hybridized carbons (Fsp3) is 0.647. The van der Waals surface area contributed by atoms with Crippen molar-refractivity contribution in [3.8, 4) is 5.75 Å². The van der Waals surface area contributed by atoms with E-state index in [1.807, 2.05) is 12.1 Å². The van der Waals surface area contributed by atoms with E-state index in [2.05, 4.69) is 38.7 Å². The van der Waals surface area contributed by atoms with Gasteiger partial charge in [-0.25, -0.2) is 0 Å². The fourth-order valence-corrected chi connectivity index (χ4v) is 3.57. The molecule has 1 aromatic rings. The number of rotatable bonds is 3. The quantitative estimate of drug-likeness (QED) is 0.881. The van der Waals surface area contributed by atoms with E-state index < -0.39 is 0 Å². The molecule has 1 aliphatic rings. The summed E-state index contributed by atoms with van der Waals surface area (Å²) in [5.41, 5.74) is 1.08. The molecular weight excluding hydrogens is 234 g/mol. The van der Waals surface area contributed by atoms with Crippen LogP contribution in [-0.4, -0.2) is 22.6 Å². The predicted octanol–water partition coefficient (Wildman–Crippen LogP) is 4.21.